The topological polar surface area (TPSA) is 60.4 Å². The van der Waals surface area contributed by atoms with Crippen LogP contribution in [-0.4, -0.2) is 9.38 Å². The summed E-state index contributed by atoms with van der Waals surface area (Å²) in [6.07, 6.45) is 0. The van der Waals surface area contributed by atoms with Crippen LogP contribution in [0.1, 0.15) is 24.4 Å². The lowest BCUT2D eigenvalue weighted by atomic mass is 10.0. The van der Waals surface area contributed by atoms with Crippen LogP contribution >= 0.6 is 0 Å². The maximum atomic E-state index is 13.6. The van der Waals surface area contributed by atoms with Crippen molar-refractivity contribution in [3.05, 3.63) is 70.0 Å². The Morgan fingerprint density at radius 1 is 1.23 bits per heavy atom. The fraction of sp³-hybridized carbons (Fsp3) is 0.176. The molecule has 0 saturated carbocycles. The predicted octanol–water partition coefficient (Wildman–Crippen LogP) is 2.83. The van der Waals surface area contributed by atoms with Crippen molar-refractivity contribution in [2.45, 2.75) is 19.9 Å². The lowest BCUT2D eigenvalue weighted by Gasteiger charge is -2.14. The zero-order valence-electron chi connectivity index (χ0n) is 12.4. The fourth-order valence-corrected chi connectivity index (χ4v) is 2.60. The summed E-state index contributed by atoms with van der Waals surface area (Å²) >= 11 is 0. The molecule has 0 fully saturated rings. The van der Waals surface area contributed by atoms with Gasteiger partial charge in [0.15, 0.2) is 0 Å². The highest BCUT2D eigenvalue weighted by atomic mass is 19.1. The number of pyridine rings is 1. The molecule has 1 atom stereocenters. The minimum atomic E-state index is -0.434. The van der Waals surface area contributed by atoms with Gasteiger partial charge in [-0.25, -0.2) is 9.37 Å². The van der Waals surface area contributed by atoms with E-state index >= 15 is 0 Å². The van der Waals surface area contributed by atoms with Crippen LogP contribution in [-0.2, 0) is 0 Å². The molecule has 1 aromatic carbocycles. The Morgan fingerprint density at radius 3 is 2.64 bits per heavy atom. The van der Waals surface area contributed by atoms with Gasteiger partial charge >= 0.3 is 0 Å². The number of aryl methyl sites for hydroxylation is 1. The summed E-state index contributed by atoms with van der Waals surface area (Å²) in [6, 6.07) is 10.9. The van der Waals surface area contributed by atoms with Gasteiger partial charge in [-0.1, -0.05) is 18.2 Å². The van der Waals surface area contributed by atoms with E-state index in [1.54, 1.807) is 25.1 Å². The molecular weight excluding hydrogens is 281 g/mol. The second-order valence-electron chi connectivity index (χ2n) is 5.34. The SMILES string of the molecule is Cc1cccc2nc(C(C)N)c(-c3cccc(F)c3)c(=O)n12. The molecule has 0 aliphatic carbocycles. The first-order chi connectivity index (χ1) is 10.5. The molecule has 2 N–H and O–H groups in total. The summed E-state index contributed by atoms with van der Waals surface area (Å²) < 4.78 is 15.1. The zero-order chi connectivity index (χ0) is 15.9. The molecule has 3 aromatic rings. The number of aromatic nitrogens is 2. The second-order valence-corrected chi connectivity index (χ2v) is 5.34. The third kappa shape index (κ3) is 2.29. The highest BCUT2D eigenvalue weighted by Gasteiger charge is 2.18. The number of nitrogens with zero attached hydrogens (tertiary/aromatic N) is 2. The molecule has 1 unspecified atom stereocenters. The molecule has 0 radical (unpaired) electrons. The van der Waals surface area contributed by atoms with Gasteiger partial charge < -0.3 is 5.73 Å². The highest BCUT2D eigenvalue weighted by Crippen LogP contribution is 2.24. The van der Waals surface area contributed by atoms with E-state index < -0.39 is 11.9 Å². The molecule has 5 heteroatoms. The quantitative estimate of drug-likeness (QED) is 0.791. The number of nitrogens with two attached hydrogens (primary N) is 1. The Bertz CT molecular complexity index is 915. The van der Waals surface area contributed by atoms with Gasteiger partial charge in [-0.2, -0.15) is 0 Å². The van der Waals surface area contributed by atoms with Gasteiger partial charge in [-0.3, -0.25) is 9.20 Å². The summed E-state index contributed by atoms with van der Waals surface area (Å²) in [4.78, 5) is 17.4. The third-order valence-corrected chi connectivity index (χ3v) is 3.62. The number of fused-ring (bicyclic) bond motifs is 1. The molecule has 0 aliphatic heterocycles. The van der Waals surface area contributed by atoms with E-state index in [0.29, 0.717) is 22.5 Å². The highest BCUT2D eigenvalue weighted by molar-refractivity contribution is 5.67. The minimum absolute atomic E-state index is 0.235. The average molecular weight is 297 g/mol. The number of halogens is 1. The van der Waals surface area contributed by atoms with Crippen molar-refractivity contribution < 1.29 is 4.39 Å². The Hall–Kier alpha value is -2.53. The Morgan fingerprint density at radius 2 is 1.95 bits per heavy atom. The molecular formula is C17H16FN3O. The van der Waals surface area contributed by atoms with Crippen molar-refractivity contribution in [2.24, 2.45) is 5.73 Å². The van der Waals surface area contributed by atoms with Crippen molar-refractivity contribution in [1.29, 1.82) is 0 Å². The molecule has 2 heterocycles. The Kier molecular flexibility index (Phi) is 3.50. The van der Waals surface area contributed by atoms with Crippen molar-refractivity contribution in [1.82, 2.24) is 9.38 Å². The second kappa shape index (κ2) is 5.35. The number of benzene rings is 1. The molecule has 112 valence electrons. The summed E-state index contributed by atoms with van der Waals surface area (Å²) in [6.45, 7) is 3.59. The van der Waals surface area contributed by atoms with E-state index in [1.165, 1.54) is 16.5 Å². The van der Waals surface area contributed by atoms with Gasteiger partial charge in [0, 0.05) is 11.7 Å². The molecule has 22 heavy (non-hydrogen) atoms. The van der Waals surface area contributed by atoms with Crippen LogP contribution in [0.3, 0.4) is 0 Å². The maximum absolute atomic E-state index is 13.6. The van der Waals surface area contributed by atoms with Crippen LogP contribution in [0.5, 0.6) is 0 Å². The molecule has 0 amide bonds. The van der Waals surface area contributed by atoms with E-state index in [-0.39, 0.29) is 5.56 Å². The summed E-state index contributed by atoms with van der Waals surface area (Å²) in [5.74, 6) is -0.401. The fourth-order valence-electron chi connectivity index (χ4n) is 2.60. The van der Waals surface area contributed by atoms with Gasteiger partial charge in [-0.15, -0.1) is 0 Å². The van der Waals surface area contributed by atoms with Crippen LogP contribution in [0.2, 0.25) is 0 Å². The van der Waals surface area contributed by atoms with Gasteiger partial charge in [0.25, 0.3) is 5.56 Å². The van der Waals surface area contributed by atoms with Crippen LogP contribution in [0, 0.1) is 12.7 Å². The van der Waals surface area contributed by atoms with Crippen LogP contribution in [0.4, 0.5) is 4.39 Å². The van der Waals surface area contributed by atoms with Gasteiger partial charge in [0.2, 0.25) is 0 Å². The van der Waals surface area contributed by atoms with Crippen molar-refractivity contribution >= 4 is 5.65 Å². The number of hydrogen-bond donors (Lipinski definition) is 1. The molecule has 0 spiro atoms. The first-order valence-electron chi connectivity index (χ1n) is 7.03. The molecule has 3 rings (SSSR count). The van der Waals surface area contributed by atoms with Gasteiger partial charge in [-0.05, 0) is 43.7 Å². The Labute approximate surface area is 127 Å². The molecule has 0 saturated heterocycles. The van der Waals surface area contributed by atoms with E-state index in [4.69, 9.17) is 5.73 Å². The number of rotatable bonds is 2. The standard InChI is InChI=1S/C17H16FN3O/c1-10-5-3-8-14-20-16(11(2)19)15(17(22)21(10)14)12-6-4-7-13(18)9-12/h3-9,11H,19H2,1-2H3. The molecule has 2 aromatic heterocycles. The maximum Gasteiger partial charge on any atom is 0.266 e. The predicted molar refractivity (Wildman–Crippen MR) is 84.2 cm³/mol. The smallest absolute Gasteiger partial charge is 0.266 e. The first-order valence-corrected chi connectivity index (χ1v) is 7.03. The first kappa shape index (κ1) is 14.4. The van der Waals surface area contributed by atoms with E-state index in [9.17, 15) is 9.18 Å². The lowest BCUT2D eigenvalue weighted by molar-refractivity contribution is 0.628. The van der Waals surface area contributed by atoms with Gasteiger partial charge in [0.1, 0.15) is 11.5 Å². The van der Waals surface area contributed by atoms with E-state index in [0.717, 1.165) is 5.69 Å². The normalized spacial score (nSPS) is 12.5. The van der Waals surface area contributed by atoms with Crippen LogP contribution < -0.4 is 11.3 Å². The van der Waals surface area contributed by atoms with Crippen molar-refractivity contribution in [2.75, 3.05) is 0 Å². The Balaban J connectivity index is 2.46. The van der Waals surface area contributed by atoms with Crippen molar-refractivity contribution in [3.8, 4) is 11.1 Å². The average Bonchev–Trinajstić information content (AvgIpc) is 2.46. The summed E-state index contributed by atoms with van der Waals surface area (Å²) in [5, 5.41) is 0. The zero-order valence-corrected chi connectivity index (χ0v) is 12.4. The summed E-state index contributed by atoms with van der Waals surface area (Å²) in [5.41, 5.74) is 8.37. The van der Waals surface area contributed by atoms with Crippen molar-refractivity contribution in [3.63, 3.8) is 0 Å². The molecule has 4 nitrogen and oxygen atoms in total. The van der Waals surface area contributed by atoms with Gasteiger partial charge in [0.05, 0.1) is 11.3 Å². The largest absolute Gasteiger partial charge is 0.323 e. The van der Waals surface area contributed by atoms with E-state index in [1.807, 2.05) is 19.1 Å². The number of hydrogen-bond acceptors (Lipinski definition) is 3. The van der Waals surface area contributed by atoms with Crippen LogP contribution in [0.15, 0.2) is 47.3 Å². The van der Waals surface area contributed by atoms with E-state index in [2.05, 4.69) is 4.98 Å². The monoisotopic (exact) mass is 297 g/mol. The van der Waals surface area contributed by atoms with Crippen LogP contribution in [0.25, 0.3) is 16.8 Å². The summed E-state index contributed by atoms with van der Waals surface area (Å²) in [7, 11) is 0. The minimum Gasteiger partial charge on any atom is -0.323 e. The molecule has 0 aliphatic rings. The third-order valence-electron chi connectivity index (χ3n) is 3.62. The lowest BCUT2D eigenvalue weighted by Crippen LogP contribution is -2.24. The molecule has 0 bridgehead atoms.